The molecule has 7 heteroatoms. The lowest BCUT2D eigenvalue weighted by atomic mass is 9.88. The average molecular weight is 447 g/mol. The van der Waals surface area contributed by atoms with E-state index >= 15 is 0 Å². The maximum absolute atomic E-state index is 12.8. The first-order chi connectivity index (χ1) is 15.1. The molecule has 2 unspecified atom stereocenters. The number of carbonyl (C=O) groups is 1. The molecule has 0 spiro atoms. The molecule has 1 aromatic rings. The minimum atomic E-state index is 0.256. The number of methoxy groups -OCH3 is 1. The Kier molecular flexibility index (Phi) is 9.37. The zero-order valence-electron chi connectivity index (χ0n) is 19.2. The van der Waals surface area contributed by atoms with Crippen LogP contribution >= 0.6 is 11.8 Å². The molecule has 2 aliphatic rings. The van der Waals surface area contributed by atoms with Gasteiger partial charge in [-0.25, -0.2) is 0 Å². The number of nitrogens with one attached hydrogen (secondary N) is 2. The molecule has 0 bridgehead atoms. The van der Waals surface area contributed by atoms with Gasteiger partial charge in [-0.05, 0) is 37.3 Å². The lowest BCUT2D eigenvalue weighted by Crippen LogP contribution is -2.46. The van der Waals surface area contributed by atoms with Crippen LogP contribution in [0.4, 0.5) is 0 Å². The Morgan fingerprint density at radius 1 is 1.26 bits per heavy atom. The minimum Gasteiger partial charge on any atom is -0.496 e. The van der Waals surface area contributed by atoms with Crippen LogP contribution in [0.2, 0.25) is 0 Å². The fraction of sp³-hybridized carbons (Fsp3) is 0.667. The third-order valence-corrected chi connectivity index (χ3v) is 7.61. The fourth-order valence-electron chi connectivity index (χ4n) is 4.37. The van der Waals surface area contributed by atoms with Crippen LogP contribution in [0.15, 0.2) is 34.2 Å². The Bertz CT molecular complexity index is 736. The molecule has 3 rings (SSSR count). The van der Waals surface area contributed by atoms with Gasteiger partial charge < -0.3 is 20.3 Å². The van der Waals surface area contributed by atoms with E-state index in [1.807, 2.05) is 37.0 Å². The lowest BCUT2D eigenvalue weighted by Gasteiger charge is -2.26. The SMILES string of the molecule is CN=C(NCC(C)CSc1ccccc1OC)NC1CCN(C(=O)C2CCCCC2)C1. The van der Waals surface area contributed by atoms with Crippen LogP contribution in [-0.2, 0) is 4.79 Å². The summed E-state index contributed by atoms with van der Waals surface area (Å²) in [5.41, 5.74) is 0. The number of para-hydroxylation sites is 1. The van der Waals surface area contributed by atoms with E-state index in [0.29, 0.717) is 11.8 Å². The Hall–Kier alpha value is -1.89. The van der Waals surface area contributed by atoms with Crippen molar-refractivity contribution in [3.8, 4) is 5.75 Å². The molecular weight excluding hydrogens is 408 g/mol. The van der Waals surface area contributed by atoms with Crippen LogP contribution in [-0.4, -0.2) is 62.4 Å². The van der Waals surface area contributed by atoms with Crippen LogP contribution in [0.25, 0.3) is 0 Å². The first kappa shape index (κ1) is 23.8. The van der Waals surface area contributed by atoms with Gasteiger partial charge in [0.05, 0.1) is 7.11 Å². The van der Waals surface area contributed by atoms with Gasteiger partial charge in [0.25, 0.3) is 0 Å². The van der Waals surface area contributed by atoms with E-state index in [4.69, 9.17) is 4.74 Å². The van der Waals surface area contributed by atoms with Crippen LogP contribution < -0.4 is 15.4 Å². The first-order valence-electron chi connectivity index (χ1n) is 11.6. The summed E-state index contributed by atoms with van der Waals surface area (Å²) in [4.78, 5) is 20.4. The van der Waals surface area contributed by atoms with Crippen LogP contribution in [0.3, 0.4) is 0 Å². The highest BCUT2D eigenvalue weighted by Gasteiger charge is 2.31. The summed E-state index contributed by atoms with van der Waals surface area (Å²) in [6.07, 6.45) is 6.82. The molecule has 1 aliphatic carbocycles. The van der Waals surface area contributed by atoms with E-state index in [-0.39, 0.29) is 12.0 Å². The Labute approximate surface area is 191 Å². The number of benzene rings is 1. The van der Waals surface area contributed by atoms with Gasteiger partial charge in [-0.1, -0.05) is 38.3 Å². The summed E-state index contributed by atoms with van der Waals surface area (Å²) < 4.78 is 5.44. The number of thioether (sulfide) groups is 1. The molecule has 2 N–H and O–H groups in total. The second-order valence-electron chi connectivity index (χ2n) is 8.77. The van der Waals surface area contributed by atoms with Crippen molar-refractivity contribution in [2.75, 3.05) is 39.5 Å². The van der Waals surface area contributed by atoms with E-state index in [9.17, 15) is 4.79 Å². The third kappa shape index (κ3) is 7.06. The monoisotopic (exact) mass is 446 g/mol. The second kappa shape index (κ2) is 12.2. The number of aliphatic imine (C=N–C) groups is 1. The second-order valence-corrected chi connectivity index (χ2v) is 9.83. The predicted octanol–water partition coefficient (Wildman–Crippen LogP) is 3.77. The van der Waals surface area contributed by atoms with Gasteiger partial charge in [0.15, 0.2) is 5.96 Å². The number of ether oxygens (including phenoxy) is 1. The normalized spacial score (nSPS) is 21.1. The molecule has 1 saturated heterocycles. The average Bonchev–Trinajstić information content (AvgIpc) is 3.29. The Morgan fingerprint density at radius 2 is 2.03 bits per heavy atom. The highest BCUT2D eigenvalue weighted by Crippen LogP contribution is 2.30. The number of likely N-dealkylation sites (tertiary alicyclic amines) is 1. The minimum absolute atomic E-state index is 0.256. The summed E-state index contributed by atoms with van der Waals surface area (Å²) in [5.74, 6) is 3.85. The number of rotatable bonds is 8. The zero-order chi connectivity index (χ0) is 22.1. The van der Waals surface area contributed by atoms with Gasteiger partial charge in [-0.2, -0.15) is 0 Å². The highest BCUT2D eigenvalue weighted by molar-refractivity contribution is 7.99. The van der Waals surface area contributed by atoms with Gasteiger partial charge >= 0.3 is 0 Å². The van der Waals surface area contributed by atoms with E-state index in [1.54, 1.807) is 7.11 Å². The standard InChI is InChI=1S/C24H38N4O2S/c1-18(17-31-22-12-8-7-11-21(22)30-3)15-26-24(25-2)27-20-13-14-28(16-20)23(29)19-9-5-4-6-10-19/h7-8,11-12,18-20H,4-6,9-10,13-17H2,1-3H3,(H2,25,26,27). The molecule has 1 amide bonds. The van der Waals surface area contributed by atoms with Crippen molar-refractivity contribution in [1.82, 2.24) is 15.5 Å². The molecule has 6 nitrogen and oxygen atoms in total. The van der Waals surface area contributed by atoms with Crippen molar-refractivity contribution in [3.05, 3.63) is 24.3 Å². The van der Waals surface area contributed by atoms with Crippen molar-refractivity contribution >= 4 is 23.6 Å². The van der Waals surface area contributed by atoms with E-state index < -0.39 is 0 Å². The highest BCUT2D eigenvalue weighted by atomic mass is 32.2. The van der Waals surface area contributed by atoms with E-state index in [0.717, 1.165) is 56.4 Å². The number of guanidine groups is 1. The van der Waals surface area contributed by atoms with Gasteiger partial charge in [0.1, 0.15) is 5.75 Å². The smallest absolute Gasteiger partial charge is 0.225 e. The third-order valence-electron chi connectivity index (χ3n) is 6.23. The predicted molar refractivity (Wildman–Crippen MR) is 129 cm³/mol. The molecular formula is C24H38N4O2S. The molecule has 31 heavy (non-hydrogen) atoms. The Morgan fingerprint density at radius 3 is 2.77 bits per heavy atom. The van der Waals surface area contributed by atoms with Crippen LogP contribution in [0.1, 0.15) is 45.4 Å². The van der Waals surface area contributed by atoms with Crippen molar-refractivity contribution in [2.45, 2.75) is 56.4 Å². The number of nitrogens with zero attached hydrogens (tertiary/aromatic N) is 2. The van der Waals surface area contributed by atoms with Gasteiger partial charge in [-0.3, -0.25) is 9.79 Å². The summed E-state index contributed by atoms with van der Waals surface area (Å²) in [6.45, 7) is 4.73. The molecule has 1 aliphatic heterocycles. The number of amides is 1. The van der Waals surface area contributed by atoms with Gasteiger partial charge in [0, 0.05) is 49.3 Å². The largest absolute Gasteiger partial charge is 0.496 e. The quantitative estimate of drug-likeness (QED) is 0.362. The van der Waals surface area contributed by atoms with Gasteiger partial charge in [-0.15, -0.1) is 11.8 Å². The summed E-state index contributed by atoms with van der Waals surface area (Å²) >= 11 is 1.82. The number of hydrogen-bond acceptors (Lipinski definition) is 4. The molecule has 2 atom stereocenters. The van der Waals surface area contributed by atoms with Gasteiger partial charge in [0.2, 0.25) is 5.91 Å². The molecule has 0 radical (unpaired) electrons. The maximum atomic E-state index is 12.8. The lowest BCUT2D eigenvalue weighted by molar-refractivity contribution is -0.135. The Balaban J connectivity index is 1.38. The fourth-order valence-corrected chi connectivity index (χ4v) is 5.42. The van der Waals surface area contributed by atoms with E-state index in [1.165, 1.54) is 24.2 Å². The first-order valence-corrected chi connectivity index (χ1v) is 12.6. The summed E-state index contributed by atoms with van der Waals surface area (Å²) in [5, 5.41) is 6.98. The molecule has 2 fully saturated rings. The van der Waals surface area contributed by atoms with Crippen molar-refractivity contribution < 1.29 is 9.53 Å². The molecule has 1 heterocycles. The van der Waals surface area contributed by atoms with Crippen LogP contribution in [0, 0.1) is 11.8 Å². The molecule has 172 valence electrons. The zero-order valence-corrected chi connectivity index (χ0v) is 20.0. The maximum Gasteiger partial charge on any atom is 0.225 e. The van der Waals surface area contributed by atoms with Crippen molar-refractivity contribution in [1.29, 1.82) is 0 Å². The summed E-state index contributed by atoms with van der Waals surface area (Å²) in [7, 11) is 3.52. The summed E-state index contributed by atoms with van der Waals surface area (Å²) in [6, 6.07) is 8.42. The number of hydrogen-bond donors (Lipinski definition) is 2. The number of carbonyl (C=O) groups excluding carboxylic acids is 1. The van der Waals surface area contributed by atoms with E-state index in [2.05, 4.69) is 33.5 Å². The van der Waals surface area contributed by atoms with Crippen LogP contribution in [0.5, 0.6) is 5.75 Å². The van der Waals surface area contributed by atoms with Crippen molar-refractivity contribution in [2.24, 2.45) is 16.8 Å². The topological polar surface area (TPSA) is 66.0 Å². The molecule has 1 aromatic carbocycles. The van der Waals surface area contributed by atoms with Crippen molar-refractivity contribution in [3.63, 3.8) is 0 Å². The molecule has 1 saturated carbocycles. The molecule has 0 aromatic heterocycles.